The molecular weight excluding hydrogens is 380 g/mol. The van der Waals surface area contributed by atoms with Gasteiger partial charge in [-0.05, 0) is 50.2 Å². The summed E-state index contributed by atoms with van der Waals surface area (Å²) in [6, 6.07) is 12.8. The number of amides is 2. The molecule has 2 rings (SSSR count). The average Bonchev–Trinajstić information content (AvgIpc) is 2.62. The van der Waals surface area contributed by atoms with Gasteiger partial charge in [0.1, 0.15) is 11.0 Å². The molecule has 0 heterocycles. The Balaban J connectivity index is 2.05. The molecule has 0 aliphatic heterocycles. The maximum absolute atomic E-state index is 12.5. The molecule has 0 bridgehead atoms. The third kappa shape index (κ3) is 5.75. The molecule has 0 aliphatic carbocycles. The lowest BCUT2D eigenvalue weighted by atomic mass is 10.1. The third-order valence-electron chi connectivity index (χ3n) is 4.07. The lowest BCUT2D eigenvalue weighted by Gasteiger charge is -2.13. The summed E-state index contributed by atoms with van der Waals surface area (Å²) in [5.74, 6) is -2.37. The molecule has 0 saturated heterocycles. The van der Waals surface area contributed by atoms with Crippen LogP contribution in [-0.4, -0.2) is 37.0 Å². The van der Waals surface area contributed by atoms with E-state index in [2.05, 4.69) is 10.6 Å². The molecule has 1 atom stereocenters. The summed E-state index contributed by atoms with van der Waals surface area (Å²) in [6.45, 7) is 4.51. The smallest absolute Gasteiger partial charge is 0.239 e. The molecule has 2 amide bonds. The van der Waals surface area contributed by atoms with E-state index in [9.17, 15) is 22.8 Å². The Labute approximate surface area is 164 Å². The Morgan fingerprint density at radius 1 is 0.893 bits per heavy atom. The van der Waals surface area contributed by atoms with Gasteiger partial charge in [-0.3, -0.25) is 14.4 Å². The van der Waals surface area contributed by atoms with Crippen LogP contribution in [0.3, 0.4) is 0 Å². The Morgan fingerprint density at radius 3 is 1.93 bits per heavy atom. The molecule has 2 N–H and O–H groups in total. The highest BCUT2D eigenvalue weighted by Gasteiger charge is 2.31. The van der Waals surface area contributed by atoms with Crippen molar-refractivity contribution in [3.05, 3.63) is 59.7 Å². The lowest BCUT2D eigenvalue weighted by molar-refractivity contribution is -0.114. The van der Waals surface area contributed by atoms with Crippen LogP contribution in [0.2, 0.25) is 0 Å². The van der Waals surface area contributed by atoms with Crippen molar-refractivity contribution < 1.29 is 22.8 Å². The van der Waals surface area contributed by atoms with E-state index in [1.165, 1.54) is 38.1 Å². The second-order valence-corrected chi connectivity index (χ2v) is 8.81. The highest BCUT2D eigenvalue weighted by molar-refractivity contribution is 7.93. The van der Waals surface area contributed by atoms with Crippen molar-refractivity contribution in [2.45, 2.75) is 26.0 Å². The summed E-state index contributed by atoms with van der Waals surface area (Å²) in [4.78, 5) is 35.6. The van der Waals surface area contributed by atoms with Crippen LogP contribution in [-0.2, 0) is 19.4 Å². The SMILES string of the molecule is CC(=O)Nc1ccc(C(=O)C(C)S(=O)(=O)CC(=O)Nc2ccc(C)cc2)cc1. The van der Waals surface area contributed by atoms with Crippen molar-refractivity contribution in [2.75, 3.05) is 16.4 Å². The number of benzene rings is 2. The molecule has 0 saturated carbocycles. The molecular formula is C20H22N2O5S. The first-order chi connectivity index (χ1) is 13.1. The number of hydrogen-bond acceptors (Lipinski definition) is 5. The van der Waals surface area contributed by atoms with E-state index in [4.69, 9.17) is 0 Å². The van der Waals surface area contributed by atoms with Gasteiger partial charge in [-0.15, -0.1) is 0 Å². The van der Waals surface area contributed by atoms with Crippen LogP contribution in [0.25, 0.3) is 0 Å². The van der Waals surface area contributed by atoms with Gasteiger partial charge in [0, 0.05) is 23.9 Å². The number of ketones is 1. The van der Waals surface area contributed by atoms with E-state index >= 15 is 0 Å². The molecule has 1 unspecified atom stereocenters. The molecule has 2 aromatic carbocycles. The van der Waals surface area contributed by atoms with E-state index in [-0.39, 0.29) is 11.5 Å². The Hall–Kier alpha value is -3.00. The van der Waals surface area contributed by atoms with Crippen LogP contribution in [0.15, 0.2) is 48.5 Å². The monoisotopic (exact) mass is 402 g/mol. The summed E-state index contributed by atoms with van der Waals surface area (Å²) in [5, 5.41) is 3.70. The highest BCUT2D eigenvalue weighted by Crippen LogP contribution is 2.16. The second kappa shape index (κ2) is 8.79. The fourth-order valence-corrected chi connectivity index (χ4v) is 3.61. The number of Topliss-reactive ketones (excluding diaryl/α,β-unsaturated/α-hetero) is 1. The Morgan fingerprint density at radius 2 is 1.39 bits per heavy atom. The number of carbonyl (C=O) groups is 3. The van der Waals surface area contributed by atoms with Crippen LogP contribution in [0.4, 0.5) is 11.4 Å². The predicted octanol–water partition coefficient (Wildman–Crippen LogP) is 2.58. The van der Waals surface area contributed by atoms with Crippen molar-refractivity contribution in [1.82, 2.24) is 0 Å². The van der Waals surface area contributed by atoms with Crippen molar-refractivity contribution in [1.29, 1.82) is 0 Å². The van der Waals surface area contributed by atoms with E-state index in [0.29, 0.717) is 11.4 Å². The summed E-state index contributed by atoms with van der Waals surface area (Å²) >= 11 is 0. The van der Waals surface area contributed by atoms with Crippen molar-refractivity contribution in [2.24, 2.45) is 0 Å². The Bertz CT molecular complexity index is 980. The topological polar surface area (TPSA) is 109 Å². The summed E-state index contributed by atoms with van der Waals surface area (Å²) in [7, 11) is -4.00. The van der Waals surface area contributed by atoms with Gasteiger partial charge < -0.3 is 10.6 Å². The molecule has 148 valence electrons. The third-order valence-corrected chi connectivity index (χ3v) is 6.02. The first-order valence-corrected chi connectivity index (χ1v) is 10.3. The number of anilines is 2. The van der Waals surface area contributed by atoms with Gasteiger partial charge in [0.05, 0.1) is 0 Å². The molecule has 0 aromatic heterocycles. The average molecular weight is 402 g/mol. The predicted molar refractivity (Wildman–Crippen MR) is 108 cm³/mol. The molecule has 7 nitrogen and oxygen atoms in total. The van der Waals surface area contributed by atoms with E-state index in [1.807, 2.05) is 6.92 Å². The van der Waals surface area contributed by atoms with Gasteiger partial charge in [-0.2, -0.15) is 0 Å². The van der Waals surface area contributed by atoms with Gasteiger partial charge in [-0.25, -0.2) is 8.42 Å². The van der Waals surface area contributed by atoms with Crippen LogP contribution in [0.1, 0.15) is 29.8 Å². The number of rotatable bonds is 7. The minimum absolute atomic E-state index is 0.184. The molecule has 0 fully saturated rings. The normalized spacial score (nSPS) is 12.1. The van der Waals surface area contributed by atoms with Gasteiger partial charge in [0.25, 0.3) is 0 Å². The summed E-state index contributed by atoms with van der Waals surface area (Å²) in [6.07, 6.45) is 0. The van der Waals surface area contributed by atoms with Gasteiger partial charge in [0.2, 0.25) is 11.8 Å². The number of hydrogen-bond donors (Lipinski definition) is 2. The van der Waals surface area contributed by atoms with Crippen molar-refractivity contribution in [3.8, 4) is 0 Å². The zero-order valence-corrected chi connectivity index (χ0v) is 16.7. The van der Waals surface area contributed by atoms with Crippen molar-refractivity contribution in [3.63, 3.8) is 0 Å². The van der Waals surface area contributed by atoms with E-state index in [1.54, 1.807) is 24.3 Å². The quantitative estimate of drug-likeness (QED) is 0.692. The van der Waals surface area contributed by atoms with Gasteiger partial charge >= 0.3 is 0 Å². The molecule has 8 heteroatoms. The number of aryl methyl sites for hydroxylation is 1. The fraction of sp³-hybridized carbons (Fsp3) is 0.250. The van der Waals surface area contributed by atoms with Crippen molar-refractivity contribution >= 4 is 38.8 Å². The zero-order chi connectivity index (χ0) is 20.9. The maximum Gasteiger partial charge on any atom is 0.239 e. The van der Waals surface area contributed by atoms with Crippen LogP contribution in [0.5, 0.6) is 0 Å². The van der Waals surface area contributed by atoms with Gasteiger partial charge in [0.15, 0.2) is 15.6 Å². The summed E-state index contributed by atoms with van der Waals surface area (Å²) in [5.41, 5.74) is 2.17. The van der Waals surface area contributed by atoms with Crippen LogP contribution >= 0.6 is 0 Å². The minimum Gasteiger partial charge on any atom is -0.326 e. The minimum atomic E-state index is -4.00. The molecule has 0 radical (unpaired) electrons. The van der Waals surface area contributed by atoms with E-state index < -0.39 is 32.5 Å². The number of nitrogens with one attached hydrogen (secondary N) is 2. The number of sulfone groups is 1. The second-order valence-electron chi connectivity index (χ2n) is 6.49. The molecule has 0 aliphatic rings. The first-order valence-electron chi connectivity index (χ1n) is 8.58. The lowest BCUT2D eigenvalue weighted by Crippen LogP contribution is -2.34. The molecule has 28 heavy (non-hydrogen) atoms. The van der Waals surface area contributed by atoms with Crippen LogP contribution in [0, 0.1) is 6.92 Å². The van der Waals surface area contributed by atoms with Gasteiger partial charge in [-0.1, -0.05) is 17.7 Å². The maximum atomic E-state index is 12.5. The largest absolute Gasteiger partial charge is 0.326 e. The Kier molecular flexibility index (Phi) is 6.69. The van der Waals surface area contributed by atoms with Crippen LogP contribution < -0.4 is 10.6 Å². The molecule has 0 spiro atoms. The zero-order valence-electron chi connectivity index (χ0n) is 15.9. The van der Waals surface area contributed by atoms with E-state index in [0.717, 1.165) is 5.56 Å². The fourth-order valence-electron chi connectivity index (χ4n) is 2.46. The summed E-state index contributed by atoms with van der Waals surface area (Å²) < 4.78 is 24.9. The highest BCUT2D eigenvalue weighted by atomic mass is 32.2. The molecule has 2 aromatic rings. The standard InChI is InChI=1S/C20H22N2O5S/c1-13-4-8-18(9-5-13)22-19(24)12-28(26,27)14(2)20(25)16-6-10-17(11-7-16)21-15(3)23/h4-11,14H,12H2,1-3H3,(H,21,23)(H,22,24). The first kappa shape index (κ1) is 21.3. The number of carbonyl (C=O) groups excluding carboxylic acids is 3.